The first-order valence-corrected chi connectivity index (χ1v) is 8.27. The van der Waals surface area contributed by atoms with Crippen LogP contribution in [0.2, 0.25) is 0 Å². The first-order valence-electron chi connectivity index (χ1n) is 8.27. The highest BCUT2D eigenvalue weighted by atomic mass is 15.1. The zero-order valence-corrected chi connectivity index (χ0v) is 12.7. The van der Waals surface area contributed by atoms with Gasteiger partial charge in [-0.1, -0.05) is 37.1 Å². The topological polar surface area (TPSA) is 29.3 Å². The molecule has 1 aromatic carbocycles. The van der Waals surface area contributed by atoms with Gasteiger partial charge in [0.25, 0.3) is 0 Å². The van der Waals surface area contributed by atoms with Crippen LogP contribution in [-0.2, 0) is 6.54 Å². The standard InChI is InChI=1S/C18H28N2/c1-20(18-9-5-3-6-15(18)12-19)13-16-7-2-4-8-17(16)14-10-11-14/h2,4,7-8,14-15,18H,3,5-6,9-13,19H2,1H3. The average molecular weight is 272 g/mol. The normalized spacial score (nSPS) is 26.9. The van der Waals surface area contributed by atoms with Crippen LogP contribution in [0.3, 0.4) is 0 Å². The van der Waals surface area contributed by atoms with E-state index in [-0.39, 0.29) is 0 Å². The number of hydrogen-bond acceptors (Lipinski definition) is 2. The molecule has 0 aromatic heterocycles. The minimum Gasteiger partial charge on any atom is -0.330 e. The van der Waals surface area contributed by atoms with Gasteiger partial charge >= 0.3 is 0 Å². The van der Waals surface area contributed by atoms with Crippen molar-refractivity contribution in [1.29, 1.82) is 0 Å². The molecule has 0 amide bonds. The van der Waals surface area contributed by atoms with E-state index in [2.05, 4.69) is 36.2 Å². The highest BCUT2D eigenvalue weighted by Crippen LogP contribution is 2.42. The number of hydrogen-bond donors (Lipinski definition) is 1. The third kappa shape index (κ3) is 3.07. The average Bonchev–Trinajstić information content (AvgIpc) is 3.32. The lowest BCUT2D eigenvalue weighted by atomic mass is 9.83. The van der Waals surface area contributed by atoms with E-state index >= 15 is 0 Å². The first-order chi connectivity index (χ1) is 9.79. The molecule has 0 bridgehead atoms. The summed E-state index contributed by atoms with van der Waals surface area (Å²) in [7, 11) is 2.29. The summed E-state index contributed by atoms with van der Waals surface area (Å²) in [6.45, 7) is 1.94. The zero-order valence-electron chi connectivity index (χ0n) is 12.7. The lowest BCUT2D eigenvalue weighted by Crippen LogP contribution is -2.42. The van der Waals surface area contributed by atoms with Crippen LogP contribution in [0.1, 0.15) is 55.6 Å². The van der Waals surface area contributed by atoms with Gasteiger partial charge in [-0.3, -0.25) is 4.90 Å². The smallest absolute Gasteiger partial charge is 0.0236 e. The molecule has 2 saturated carbocycles. The molecule has 2 atom stereocenters. The molecule has 0 heterocycles. The fourth-order valence-corrected chi connectivity index (χ4v) is 3.90. The van der Waals surface area contributed by atoms with Crippen LogP contribution >= 0.6 is 0 Å². The molecular weight excluding hydrogens is 244 g/mol. The number of rotatable bonds is 5. The summed E-state index contributed by atoms with van der Waals surface area (Å²) in [4.78, 5) is 2.57. The van der Waals surface area contributed by atoms with Crippen molar-refractivity contribution in [2.75, 3.05) is 13.6 Å². The molecule has 2 fully saturated rings. The van der Waals surface area contributed by atoms with Gasteiger partial charge < -0.3 is 5.73 Å². The molecule has 0 aliphatic heterocycles. The highest BCUT2D eigenvalue weighted by Gasteiger charge is 2.29. The molecule has 2 aliphatic rings. The van der Waals surface area contributed by atoms with Gasteiger partial charge in [0.05, 0.1) is 0 Å². The van der Waals surface area contributed by atoms with Gasteiger partial charge in [-0.25, -0.2) is 0 Å². The molecule has 2 heteroatoms. The van der Waals surface area contributed by atoms with Crippen molar-refractivity contribution in [3.05, 3.63) is 35.4 Å². The quantitative estimate of drug-likeness (QED) is 0.888. The van der Waals surface area contributed by atoms with Crippen molar-refractivity contribution < 1.29 is 0 Å². The van der Waals surface area contributed by atoms with E-state index in [9.17, 15) is 0 Å². The maximum atomic E-state index is 5.99. The van der Waals surface area contributed by atoms with Crippen molar-refractivity contribution in [2.45, 2.75) is 57.0 Å². The third-order valence-corrected chi connectivity index (χ3v) is 5.23. The Morgan fingerprint density at radius 1 is 1.10 bits per heavy atom. The van der Waals surface area contributed by atoms with E-state index in [1.54, 1.807) is 11.1 Å². The summed E-state index contributed by atoms with van der Waals surface area (Å²) in [5.74, 6) is 1.54. The lowest BCUT2D eigenvalue weighted by molar-refractivity contribution is 0.127. The predicted octanol–water partition coefficient (Wildman–Crippen LogP) is 3.51. The van der Waals surface area contributed by atoms with Crippen LogP contribution in [-0.4, -0.2) is 24.5 Å². The van der Waals surface area contributed by atoms with E-state index in [0.717, 1.165) is 19.0 Å². The van der Waals surface area contributed by atoms with Crippen molar-refractivity contribution in [3.63, 3.8) is 0 Å². The Balaban J connectivity index is 1.70. The zero-order chi connectivity index (χ0) is 13.9. The van der Waals surface area contributed by atoms with E-state index in [4.69, 9.17) is 5.73 Å². The molecule has 2 unspecified atom stereocenters. The van der Waals surface area contributed by atoms with Crippen molar-refractivity contribution >= 4 is 0 Å². The molecule has 20 heavy (non-hydrogen) atoms. The summed E-state index contributed by atoms with van der Waals surface area (Å²) in [6, 6.07) is 9.73. The molecule has 2 nitrogen and oxygen atoms in total. The molecule has 3 rings (SSSR count). The molecule has 0 saturated heterocycles. The van der Waals surface area contributed by atoms with Gasteiger partial charge in [0.1, 0.15) is 0 Å². The van der Waals surface area contributed by atoms with Crippen LogP contribution in [0.25, 0.3) is 0 Å². The monoisotopic (exact) mass is 272 g/mol. The molecule has 0 radical (unpaired) electrons. The third-order valence-electron chi connectivity index (χ3n) is 5.23. The molecular formula is C18H28N2. The Labute approximate surface area is 123 Å². The van der Waals surface area contributed by atoms with E-state index < -0.39 is 0 Å². The molecule has 1 aromatic rings. The summed E-state index contributed by atoms with van der Waals surface area (Å²) < 4.78 is 0. The Kier molecular flexibility index (Phi) is 4.42. The van der Waals surface area contributed by atoms with Crippen LogP contribution in [0.4, 0.5) is 0 Å². The summed E-state index contributed by atoms with van der Waals surface area (Å²) in [5.41, 5.74) is 9.12. The van der Waals surface area contributed by atoms with E-state index in [0.29, 0.717) is 12.0 Å². The van der Waals surface area contributed by atoms with Crippen LogP contribution in [0.5, 0.6) is 0 Å². The molecule has 110 valence electrons. The van der Waals surface area contributed by atoms with Gasteiger partial charge in [-0.15, -0.1) is 0 Å². The van der Waals surface area contributed by atoms with Crippen LogP contribution in [0.15, 0.2) is 24.3 Å². The second kappa shape index (κ2) is 6.28. The van der Waals surface area contributed by atoms with E-state index in [1.807, 2.05) is 0 Å². The summed E-state index contributed by atoms with van der Waals surface area (Å²) in [6.07, 6.45) is 8.14. The van der Waals surface area contributed by atoms with E-state index in [1.165, 1.54) is 38.5 Å². The Morgan fingerprint density at radius 2 is 1.85 bits per heavy atom. The Morgan fingerprint density at radius 3 is 2.60 bits per heavy atom. The molecule has 2 N–H and O–H groups in total. The molecule has 0 spiro atoms. The van der Waals surface area contributed by atoms with Gasteiger partial charge in [-0.05, 0) is 62.2 Å². The van der Waals surface area contributed by atoms with Crippen LogP contribution < -0.4 is 5.73 Å². The number of nitrogens with two attached hydrogens (primary N) is 1. The minimum atomic E-state index is 0.681. The summed E-state index contributed by atoms with van der Waals surface area (Å²) in [5, 5.41) is 0. The van der Waals surface area contributed by atoms with Crippen LogP contribution in [0, 0.1) is 5.92 Å². The Bertz CT molecular complexity index is 439. The number of benzene rings is 1. The van der Waals surface area contributed by atoms with Gasteiger partial charge in [-0.2, -0.15) is 0 Å². The van der Waals surface area contributed by atoms with Gasteiger partial charge in [0.2, 0.25) is 0 Å². The Hall–Kier alpha value is -0.860. The van der Waals surface area contributed by atoms with Crippen molar-refractivity contribution in [1.82, 2.24) is 4.90 Å². The fourth-order valence-electron chi connectivity index (χ4n) is 3.90. The lowest BCUT2D eigenvalue weighted by Gasteiger charge is -2.38. The maximum Gasteiger partial charge on any atom is 0.0236 e. The largest absolute Gasteiger partial charge is 0.330 e. The van der Waals surface area contributed by atoms with Crippen molar-refractivity contribution in [3.8, 4) is 0 Å². The highest BCUT2D eigenvalue weighted by molar-refractivity contribution is 5.33. The maximum absolute atomic E-state index is 5.99. The first kappa shape index (κ1) is 14.1. The fraction of sp³-hybridized carbons (Fsp3) is 0.667. The van der Waals surface area contributed by atoms with Gasteiger partial charge in [0, 0.05) is 12.6 Å². The number of nitrogens with zero attached hydrogens (tertiary/aromatic N) is 1. The SMILES string of the molecule is CN(Cc1ccccc1C1CC1)C1CCCCC1CN. The molecule has 2 aliphatic carbocycles. The van der Waals surface area contributed by atoms with Gasteiger partial charge in [0.15, 0.2) is 0 Å². The predicted molar refractivity (Wildman–Crippen MR) is 84.7 cm³/mol. The summed E-state index contributed by atoms with van der Waals surface area (Å²) >= 11 is 0. The minimum absolute atomic E-state index is 0.681. The van der Waals surface area contributed by atoms with Crippen molar-refractivity contribution in [2.24, 2.45) is 11.7 Å². The second-order valence-corrected chi connectivity index (χ2v) is 6.74. The second-order valence-electron chi connectivity index (χ2n) is 6.74.